The third-order valence-electron chi connectivity index (χ3n) is 2.92. The Bertz CT molecular complexity index is 830. The molecule has 1 aromatic carbocycles. The molecule has 1 aromatic heterocycles. The minimum Gasteiger partial charge on any atom is -0.439 e. The summed E-state index contributed by atoms with van der Waals surface area (Å²) in [5.74, 6) is 0.892. The first-order chi connectivity index (χ1) is 10.9. The number of aromatic nitrogens is 2. The number of benzene rings is 1. The second kappa shape index (κ2) is 7.40. The lowest BCUT2D eigenvalue weighted by atomic mass is 10.1. The van der Waals surface area contributed by atoms with Crippen molar-refractivity contribution in [3.05, 3.63) is 46.9 Å². The summed E-state index contributed by atoms with van der Waals surface area (Å²) in [6.45, 7) is 0. The molecule has 1 heterocycles. The fraction of sp³-hybridized carbons (Fsp3) is 0.267. The van der Waals surface area contributed by atoms with Crippen molar-refractivity contribution in [2.45, 2.75) is 12.8 Å². The number of ether oxygens (including phenoxy) is 1. The van der Waals surface area contributed by atoms with Gasteiger partial charge in [0.1, 0.15) is 27.3 Å². The van der Waals surface area contributed by atoms with Crippen molar-refractivity contribution < 1.29 is 13.2 Å². The highest BCUT2D eigenvalue weighted by Crippen LogP contribution is 2.22. The van der Waals surface area contributed by atoms with Gasteiger partial charge in [-0.2, -0.15) is 10.2 Å². The number of nitrogens with zero attached hydrogens (tertiary/aromatic N) is 3. The molecule has 6 nitrogen and oxygen atoms in total. The first-order valence-electron chi connectivity index (χ1n) is 6.75. The Morgan fingerprint density at radius 3 is 2.57 bits per heavy atom. The number of halogens is 1. The first-order valence-corrected chi connectivity index (χ1v) is 9.19. The average Bonchev–Trinajstić information content (AvgIpc) is 2.47. The smallest absolute Gasteiger partial charge is 0.226 e. The van der Waals surface area contributed by atoms with E-state index in [4.69, 9.17) is 21.6 Å². The maximum atomic E-state index is 11.1. The lowest BCUT2D eigenvalue weighted by Crippen LogP contribution is -2.03. The molecule has 0 unspecified atom stereocenters. The Balaban J connectivity index is 2.00. The zero-order chi connectivity index (χ0) is 16.9. The van der Waals surface area contributed by atoms with E-state index >= 15 is 0 Å². The topological polar surface area (TPSA) is 92.9 Å². The predicted octanol–water partition coefficient (Wildman–Crippen LogP) is 2.77. The molecule has 0 spiro atoms. The molecule has 0 amide bonds. The molecule has 8 heteroatoms. The highest BCUT2D eigenvalue weighted by atomic mass is 35.5. The Morgan fingerprint density at radius 2 is 1.96 bits per heavy atom. The summed E-state index contributed by atoms with van der Waals surface area (Å²) in [6, 6.07) is 10.5. The van der Waals surface area contributed by atoms with Crippen molar-refractivity contribution >= 4 is 21.4 Å². The molecule has 0 aliphatic heterocycles. The maximum Gasteiger partial charge on any atom is 0.226 e. The Kier molecular flexibility index (Phi) is 5.53. The van der Waals surface area contributed by atoms with Crippen LogP contribution < -0.4 is 4.74 Å². The van der Waals surface area contributed by atoms with Crippen molar-refractivity contribution in [2.75, 3.05) is 12.0 Å². The summed E-state index contributed by atoms with van der Waals surface area (Å²) in [6.07, 6.45) is 2.48. The lowest BCUT2D eigenvalue weighted by molar-refractivity contribution is 0.461. The molecule has 0 bridgehead atoms. The predicted molar refractivity (Wildman–Crippen MR) is 86.3 cm³/mol. The van der Waals surface area contributed by atoms with Gasteiger partial charge in [0.2, 0.25) is 11.2 Å². The number of hydrogen-bond acceptors (Lipinski definition) is 6. The summed E-state index contributed by atoms with van der Waals surface area (Å²) in [4.78, 5) is 7.62. The van der Waals surface area contributed by atoms with Crippen LogP contribution in [0.5, 0.6) is 11.6 Å². The van der Waals surface area contributed by atoms with Gasteiger partial charge in [-0.3, -0.25) is 0 Å². The summed E-state index contributed by atoms with van der Waals surface area (Å²) >= 11 is 5.71. The van der Waals surface area contributed by atoms with E-state index in [0.29, 0.717) is 18.6 Å². The Hall–Kier alpha value is -2.17. The molecule has 0 saturated heterocycles. The fourth-order valence-electron chi connectivity index (χ4n) is 1.89. The molecular weight excluding hydrogens is 338 g/mol. The molecule has 0 aliphatic rings. The molecule has 0 N–H and O–H groups in total. The highest BCUT2D eigenvalue weighted by molar-refractivity contribution is 7.90. The summed E-state index contributed by atoms with van der Waals surface area (Å²) in [5, 5.41) is 8.77. The number of hydrogen-bond donors (Lipinski definition) is 0. The quantitative estimate of drug-likeness (QED) is 0.743. The van der Waals surface area contributed by atoms with E-state index in [-0.39, 0.29) is 22.6 Å². The normalized spacial score (nSPS) is 11.0. The second-order valence-electron chi connectivity index (χ2n) is 4.95. The SMILES string of the molecule is CS(=O)(=O)CCCc1ccc(Oc2cc(C#N)nc(Cl)n2)cc1. The van der Waals surface area contributed by atoms with Gasteiger partial charge in [0.25, 0.3) is 0 Å². The van der Waals surface area contributed by atoms with Crippen molar-refractivity contribution in [1.82, 2.24) is 9.97 Å². The van der Waals surface area contributed by atoms with Crippen LogP contribution in [-0.4, -0.2) is 30.4 Å². The zero-order valence-electron chi connectivity index (χ0n) is 12.4. The van der Waals surface area contributed by atoms with Crippen molar-refractivity contribution in [3.8, 4) is 17.7 Å². The minimum atomic E-state index is -2.93. The van der Waals surface area contributed by atoms with Gasteiger partial charge in [0, 0.05) is 12.3 Å². The maximum absolute atomic E-state index is 11.1. The van der Waals surface area contributed by atoms with E-state index in [2.05, 4.69) is 9.97 Å². The first kappa shape index (κ1) is 17.2. The van der Waals surface area contributed by atoms with Crippen molar-refractivity contribution in [2.24, 2.45) is 0 Å². The molecule has 0 aliphatic carbocycles. The fourth-order valence-corrected chi connectivity index (χ4v) is 2.73. The molecule has 23 heavy (non-hydrogen) atoms. The molecule has 0 fully saturated rings. The van der Waals surface area contributed by atoms with E-state index in [9.17, 15) is 8.42 Å². The van der Waals surface area contributed by atoms with Gasteiger partial charge in [-0.05, 0) is 42.1 Å². The third kappa shape index (κ3) is 5.85. The number of nitriles is 1. The minimum absolute atomic E-state index is 0.0588. The molecular formula is C15H14ClN3O3S. The lowest BCUT2D eigenvalue weighted by Gasteiger charge is -2.06. The molecule has 2 rings (SSSR count). The summed E-state index contributed by atoms with van der Waals surface area (Å²) in [7, 11) is -2.93. The van der Waals surface area contributed by atoms with Crippen molar-refractivity contribution in [1.29, 1.82) is 5.26 Å². The standard InChI is InChI=1S/C15H14ClN3O3S/c1-23(20,21)8-2-3-11-4-6-13(7-5-11)22-14-9-12(10-17)18-15(16)19-14/h4-7,9H,2-3,8H2,1H3. The van der Waals surface area contributed by atoms with Crippen LogP contribution in [0.3, 0.4) is 0 Å². The number of sulfone groups is 1. The van der Waals surface area contributed by atoms with Gasteiger partial charge in [-0.25, -0.2) is 13.4 Å². The third-order valence-corrected chi connectivity index (χ3v) is 4.12. The molecule has 0 saturated carbocycles. The molecule has 120 valence electrons. The molecule has 0 atom stereocenters. The van der Waals surface area contributed by atoms with Crippen LogP contribution in [0.25, 0.3) is 0 Å². The van der Waals surface area contributed by atoms with E-state index in [0.717, 1.165) is 5.56 Å². The monoisotopic (exact) mass is 351 g/mol. The average molecular weight is 352 g/mol. The van der Waals surface area contributed by atoms with Gasteiger partial charge in [0.05, 0.1) is 5.75 Å². The van der Waals surface area contributed by atoms with Crippen LogP contribution >= 0.6 is 11.6 Å². The second-order valence-corrected chi connectivity index (χ2v) is 7.55. The van der Waals surface area contributed by atoms with Crippen LogP contribution in [0, 0.1) is 11.3 Å². The van der Waals surface area contributed by atoms with Gasteiger partial charge < -0.3 is 4.74 Å². The van der Waals surface area contributed by atoms with Crippen LogP contribution in [0.4, 0.5) is 0 Å². The van der Waals surface area contributed by atoms with Crippen LogP contribution in [-0.2, 0) is 16.3 Å². The van der Waals surface area contributed by atoms with Crippen LogP contribution in [0.1, 0.15) is 17.7 Å². The van der Waals surface area contributed by atoms with Gasteiger partial charge in [-0.15, -0.1) is 0 Å². The van der Waals surface area contributed by atoms with E-state index in [1.165, 1.54) is 12.3 Å². The van der Waals surface area contributed by atoms with E-state index in [1.54, 1.807) is 12.1 Å². The van der Waals surface area contributed by atoms with Crippen molar-refractivity contribution in [3.63, 3.8) is 0 Å². The Morgan fingerprint density at radius 1 is 1.26 bits per heavy atom. The van der Waals surface area contributed by atoms with Crippen LogP contribution in [0.2, 0.25) is 5.28 Å². The number of aryl methyl sites for hydroxylation is 1. The van der Waals surface area contributed by atoms with E-state index < -0.39 is 9.84 Å². The molecule has 2 aromatic rings. The zero-order valence-corrected chi connectivity index (χ0v) is 13.9. The largest absolute Gasteiger partial charge is 0.439 e. The molecule has 0 radical (unpaired) electrons. The number of rotatable bonds is 6. The Labute approximate surface area is 139 Å². The van der Waals surface area contributed by atoms with Crippen LogP contribution in [0.15, 0.2) is 30.3 Å². The van der Waals surface area contributed by atoms with Gasteiger partial charge in [-0.1, -0.05) is 12.1 Å². The summed E-state index contributed by atoms with van der Waals surface area (Å²) in [5.41, 5.74) is 1.14. The van der Waals surface area contributed by atoms with E-state index in [1.807, 2.05) is 18.2 Å². The van der Waals surface area contributed by atoms with Gasteiger partial charge >= 0.3 is 0 Å². The summed E-state index contributed by atoms with van der Waals surface area (Å²) < 4.78 is 27.7. The van der Waals surface area contributed by atoms with Gasteiger partial charge in [0.15, 0.2) is 0 Å². The highest BCUT2D eigenvalue weighted by Gasteiger charge is 2.06.